The first-order valence-corrected chi connectivity index (χ1v) is 8.63. The summed E-state index contributed by atoms with van der Waals surface area (Å²) in [6, 6.07) is -1.07. The van der Waals surface area contributed by atoms with Crippen molar-refractivity contribution in [2.45, 2.75) is 34.8 Å². The van der Waals surface area contributed by atoms with E-state index in [0.717, 1.165) is 0 Å². The standard InChI is InChI=1S/C12H19N3O7S3/c16-3-1-13-8(19)14(2-4-17)10(21)15(9(13)20)7(6-18)5-11(23)12(24,25)22-11/h7,16-18,23-25H,1-6H2. The van der Waals surface area contributed by atoms with Crippen molar-refractivity contribution in [3.05, 3.63) is 31.5 Å². The SMILES string of the molecule is O=c1n(CCO)c(=O)n(C(CO)CC2(S)OC2(S)S)c(=O)n1CCO. The highest BCUT2D eigenvalue weighted by Crippen LogP contribution is 2.60. The molecule has 0 spiro atoms. The average Bonchev–Trinajstić information content (AvgIpc) is 3.04. The summed E-state index contributed by atoms with van der Waals surface area (Å²) in [5.74, 6) is 0. The van der Waals surface area contributed by atoms with Gasteiger partial charge in [0, 0.05) is 6.42 Å². The number of hydrogen-bond acceptors (Lipinski definition) is 10. The van der Waals surface area contributed by atoms with Gasteiger partial charge in [-0.25, -0.2) is 28.1 Å². The van der Waals surface area contributed by atoms with Crippen LogP contribution < -0.4 is 17.1 Å². The van der Waals surface area contributed by atoms with E-state index in [-0.39, 0.29) is 19.5 Å². The van der Waals surface area contributed by atoms with Crippen LogP contribution in [0.1, 0.15) is 12.5 Å². The molecule has 1 aromatic rings. The van der Waals surface area contributed by atoms with Gasteiger partial charge in [-0.2, -0.15) is 0 Å². The molecule has 1 aliphatic heterocycles. The third kappa shape index (κ3) is 3.72. The smallest absolute Gasteiger partial charge is 0.336 e. The molecule has 0 bridgehead atoms. The van der Waals surface area contributed by atoms with Crippen LogP contribution in [-0.2, 0) is 17.8 Å². The Morgan fingerprint density at radius 3 is 1.68 bits per heavy atom. The molecule has 2 heterocycles. The number of rotatable bonds is 8. The number of epoxide rings is 1. The highest BCUT2D eigenvalue weighted by molar-refractivity contribution is 8.02. The van der Waals surface area contributed by atoms with E-state index in [1.807, 2.05) is 0 Å². The van der Waals surface area contributed by atoms with Crippen molar-refractivity contribution in [1.82, 2.24) is 13.7 Å². The molecule has 13 heteroatoms. The second-order valence-corrected chi connectivity index (χ2v) is 7.84. The fraction of sp³-hybridized carbons (Fsp3) is 0.750. The quantitative estimate of drug-likeness (QED) is 0.154. The number of ether oxygens (including phenoxy) is 1. The zero-order valence-electron chi connectivity index (χ0n) is 13.0. The molecule has 2 atom stereocenters. The fourth-order valence-electron chi connectivity index (χ4n) is 2.49. The highest BCUT2D eigenvalue weighted by Gasteiger charge is 2.65. The largest absolute Gasteiger partial charge is 0.395 e. The third-order valence-corrected chi connectivity index (χ3v) is 5.70. The lowest BCUT2D eigenvalue weighted by Crippen LogP contribution is -2.56. The molecular formula is C12H19N3O7S3. The summed E-state index contributed by atoms with van der Waals surface area (Å²) in [6.07, 6.45) is -0.0921. The van der Waals surface area contributed by atoms with Gasteiger partial charge in [0.2, 0.25) is 0 Å². The Morgan fingerprint density at radius 2 is 1.36 bits per heavy atom. The molecule has 0 saturated carbocycles. The van der Waals surface area contributed by atoms with E-state index in [1.54, 1.807) is 0 Å². The molecule has 142 valence electrons. The Labute approximate surface area is 157 Å². The van der Waals surface area contributed by atoms with Gasteiger partial charge in [-0.1, -0.05) is 0 Å². The van der Waals surface area contributed by atoms with Gasteiger partial charge in [0.1, 0.15) is 0 Å². The Bertz CT molecular complexity index is 773. The Hall–Kier alpha value is -0.700. The van der Waals surface area contributed by atoms with Crippen LogP contribution in [0, 0.1) is 0 Å². The van der Waals surface area contributed by atoms with E-state index in [4.69, 9.17) is 14.9 Å². The summed E-state index contributed by atoms with van der Waals surface area (Å²) in [4.78, 5) is 36.1. The number of thiol groups is 3. The molecule has 0 aromatic carbocycles. The minimum Gasteiger partial charge on any atom is -0.395 e. The number of nitrogens with zero attached hydrogens (tertiary/aromatic N) is 3. The minimum atomic E-state index is -1.20. The van der Waals surface area contributed by atoms with Crippen molar-refractivity contribution in [3.63, 3.8) is 0 Å². The predicted octanol–water partition coefficient (Wildman–Crippen LogP) is -2.75. The van der Waals surface area contributed by atoms with Gasteiger partial charge in [-0.3, -0.25) is 0 Å². The van der Waals surface area contributed by atoms with Crippen molar-refractivity contribution in [2.24, 2.45) is 0 Å². The molecule has 1 aromatic heterocycles. The molecule has 1 fully saturated rings. The van der Waals surface area contributed by atoms with Crippen LogP contribution in [0.2, 0.25) is 0 Å². The van der Waals surface area contributed by atoms with Gasteiger partial charge in [0.25, 0.3) is 0 Å². The highest BCUT2D eigenvalue weighted by atomic mass is 32.2. The van der Waals surface area contributed by atoms with Crippen molar-refractivity contribution in [2.75, 3.05) is 19.8 Å². The predicted molar refractivity (Wildman–Crippen MR) is 97.6 cm³/mol. The van der Waals surface area contributed by atoms with E-state index in [2.05, 4.69) is 37.9 Å². The zero-order valence-corrected chi connectivity index (χ0v) is 15.7. The lowest BCUT2D eigenvalue weighted by molar-refractivity contribution is 0.185. The maximum Gasteiger partial charge on any atom is 0.336 e. The summed E-state index contributed by atoms with van der Waals surface area (Å²) >= 11 is 12.5. The van der Waals surface area contributed by atoms with Gasteiger partial charge in [-0.05, 0) is 0 Å². The van der Waals surface area contributed by atoms with Crippen LogP contribution in [0.4, 0.5) is 0 Å². The molecule has 1 saturated heterocycles. The summed E-state index contributed by atoms with van der Waals surface area (Å²) in [5.41, 5.74) is -2.93. The summed E-state index contributed by atoms with van der Waals surface area (Å²) in [7, 11) is 0. The van der Waals surface area contributed by atoms with E-state index in [1.165, 1.54) is 0 Å². The van der Waals surface area contributed by atoms with E-state index in [9.17, 15) is 19.5 Å². The number of aliphatic hydroxyl groups excluding tert-OH is 3. The van der Waals surface area contributed by atoms with Gasteiger partial charge >= 0.3 is 17.1 Å². The van der Waals surface area contributed by atoms with E-state index < -0.39 is 52.1 Å². The first-order chi connectivity index (χ1) is 11.6. The molecule has 25 heavy (non-hydrogen) atoms. The van der Waals surface area contributed by atoms with Crippen LogP contribution in [0.25, 0.3) is 0 Å². The average molecular weight is 413 g/mol. The van der Waals surface area contributed by atoms with Crippen LogP contribution in [0.15, 0.2) is 14.4 Å². The van der Waals surface area contributed by atoms with Gasteiger partial charge in [0.15, 0.2) is 9.20 Å². The van der Waals surface area contributed by atoms with Crippen LogP contribution in [0.5, 0.6) is 0 Å². The number of aromatic nitrogens is 3. The molecule has 0 aliphatic carbocycles. The molecule has 1 aliphatic rings. The van der Waals surface area contributed by atoms with Gasteiger partial charge in [0.05, 0.1) is 39.0 Å². The molecule has 0 amide bonds. The molecule has 2 unspecified atom stereocenters. The first kappa shape index (κ1) is 20.6. The Balaban J connectivity index is 2.60. The second-order valence-electron chi connectivity index (χ2n) is 5.50. The topological polar surface area (TPSA) is 139 Å². The summed E-state index contributed by atoms with van der Waals surface area (Å²) in [5, 5.41) is 27.8. The zero-order chi connectivity index (χ0) is 19.0. The van der Waals surface area contributed by atoms with Gasteiger partial charge in [-0.15, -0.1) is 37.9 Å². The molecule has 0 radical (unpaired) electrons. The monoisotopic (exact) mass is 413 g/mol. The molecule has 3 N–H and O–H groups in total. The van der Waals surface area contributed by atoms with Crippen LogP contribution in [-0.4, -0.2) is 58.0 Å². The van der Waals surface area contributed by atoms with E-state index >= 15 is 0 Å². The van der Waals surface area contributed by atoms with Crippen LogP contribution >= 0.6 is 37.9 Å². The van der Waals surface area contributed by atoms with Crippen molar-refractivity contribution in [1.29, 1.82) is 0 Å². The lowest BCUT2D eigenvalue weighted by atomic mass is 10.1. The first-order valence-electron chi connectivity index (χ1n) is 7.29. The lowest BCUT2D eigenvalue weighted by Gasteiger charge is -2.21. The van der Waals surface area contributed by atoms with Crippen LogP contribution in [0.3, 0.4) is 0 Å². The Kier molecular flexibility index (Phi) is 6.18. The van der Waals surface area contributed by atoms with Gasteiger partial charge < -0.3 is 20.1 Å². The third-order valence-electron chi connectivity index (χ3n) is 3.85. The van der Waals surface area contributed by atoms with Crippen molar-refractivity contribution < 1.29 is 20.1 Å². The van der Waals surface area contributed by atoms with Crippen molar-refractivity contribution in [3.8, 4) is 0 Å². The maximum absolute atomic E-state index is 12.5. The van der Waals surface area contributed by atoms with Crippen molar-refractivity contribution >= 4 is 37.9 Å². The number of aliphatic hydroxyl groups is 3. The molecule has 10 nitrogen and oxygen atoms in total. The normalized spacial score (nSPS) is 22.8. The summed E-state index contributed by atoms with van der Waals surface area (Å²) < 4.78 is 6.02. The fourth-order valence-corrected chi connectivity index (χ4v) is 3.47. The second kappa shape index (κ2) is 7.50. The van der Waals surface area contributed by atoms with E-state index in [0.29, 0.717) is 13.7 Å². The summed E-state index contributed by atoms with van der Waals surface area (Å²) in [6.45, 7) is -2.31. The minimum absolute atomic E-state index is 0.0921. The number of hydrogen-bond donors (Lipinski definition) is 6. The Morgan fingerprint density at radius 1 is 0.920 bits per heavy atom. The molecule has 2 rings (SSSR count). The maximum atomic E-state index is 12.5. The molecular weight excluding hydrogens is 394 g/mol.